The van der Waals surface area contributed by atoms with Gasteiger partial charge < -0.3 is 19.7 Å². The van der Waals surface area contributed by atoms with E-state index in [-0.39, 0.29) is 17.6 Å². The molecule has 0 radical (unpaired) electrons. The van der Waals surface area contributed by atoms with E-state index >= 15 is 0 Å². The van der Waals surface area contributed by atoms with Crippen molar-refractivity contribution >= 4 is 23.3 Å². The number of unbranched alkanes of at least 4 members (excludes halogenated alkanes) is 1. The van der Waals surface area contributed by atoms with E-state index in [4.69, 9.17) is 16.6 Å². The molecule has 1 saturated heterocycles. The van der Waals surface area contributed by atoms with E-state index < -0.39 is 5.97 Å². The lowest BCUT2D eigenvalue weighted by Crippen LogP contribution is -2.30. The molecule has 0 bridgehead atoms. The quantitative estimate of drug-likeness (QED) is 0.499. The fraction of sp³-hybridized carbons (Fsp3) is 0.292. The largest absolute Gasteiger partial charge is 0.478 e. The number of furan rings is 1. The molecule has 1 fully saturated rings. The number of carbonyl (C=O) groups is 1. The van der Waals surface area contributed by atoms with Crippen LogP contribution in [0.15, 0.2) is 59.1 Å². The fourth-order valence-corrected chi connectivity index (χ4v) is 4.35. The molecule has 0 saturated carbocycles. The third kappa shape index (κ3) is 4.18. The number of benzene rings is 1. The van der Waals surface area contributed by atoms with Crippen molar-refractivity contribution in [2.24, 2.45) is 0 Å². The van der Waals surface area contributed by atoms with Gasteiger partial charge in [0, 0.05) is 18.3 Å². The third-order valence-corrected chi connectivity index (χ3v) is 5.96. The van der Waals surface area contributed by atoms with Gasteiger partial charge in [0.05, 0.1) is 17.3 Å². The Labute approximate surface area is 186 Å². The molecule has 6 nitrogen and oxygen atoms in total. The van der Waals surface area contributed by atoms with Gasteiger partial charge in [-0.2, -0.15) is 0 Å². The first kappa shape index (κ1) is 21.1. The molecule has 1 aliphatic rings. The number of aryl methyl sites for hydroxylation is 1. The van der Waals surface area contributed by atoms with Crippen LogP contribution in [-0.2, 0) is 0 Å². The van der Waals surface area contributed by atoms with Crippen molar-refractivity contribution in [3.05, 3.63) is 77.3 Å². The van der Waals surface area contributed by atoms with Crippen LogP contribution in [-0.4, -0.2) is 32.6 Å². The minimum absolute atomic E-state index is 0.110. The van der Waals surface area contributed by atoms with Crippen LogP contribution in [0.1, 0.15) is 59.2 Å². The molecule has 3 heterocycles. The standard InChI is InChI=1S/C24H25N3O3S/c1-3-4-13-27-22(21(26-24(27)31)18-7-5-6-12-25-18)20-11-10-19(30-20)17-9-8-16(23(28)29)14-15(17)2/h5-12,14,21-22H,3-4,13H2,1-2H3,(H,26,31)(H,28,29)/t21-,22-/m1/s1. The zero-order valence-electron chi connectivity index (χ0n) is 17.5. The number of rotatable bonds is 7. The van der Waals surface area contributed by atoms with Gasteiger partial charge in [-0.3, -0.25) is 4.98 Å². The lowest BCUT2D eigenvalue weighted by molar-refractivity contribution is 0.0697. The van der Waals surface area contributed by atoms with Gasteiger partial charge in [0.25, 0.3) is 0 Å². The molecular weight excluding hydrogens is 410 g/mol. The molecule has 160 valence electrons. The molecule has 1 aliphatic heterocycles. The lowest BCUT2D eigenvalue weighted by atomic mass is 10.0. The summed E-state index contributed by atoms with van der Waals surface area (Å²) < 4.78 is 6.33. The first-order valence-electron chi connectivity index (χ1n) is 10.4. The molecule has 2 N–H and O–H groups in total. The topological polar surface area (TPSA) is 78.6 Å². The maximum absolute atomic E-state index is 11.2. The summed E-state index contributed by atoms with van der Waals surface area (Å²) in [6, 6.07) is 14.6. The van der Waals surface area contributed by atoms with Crippen LogP contribution in [0.5, 0.6) is 0 Å². The smallest absolute Gasteiger partial charge is 0.335 e. The highest BCUT2D eigenvalue weighted by Crippen LogP contribution is 2.40. The minimum Gasteiger partial charge on any atom is -0.478 e. The van der Waals surface area contributed by atoms with Crippen molar-refractivity contribution in [2.75, 3.05) is 6.54 Å². The van der Waals surface area contributed by atoms with Crippen LogP contribution >= 0.6 is 12.2 Å². The average molecular weight is 436 g/mol. The number of thiocarbonyl (C=S) groups is 1. The molecule has 7 heteroatoms. The van der Waals surface area contributed by atoms with Crippen LogP contribution in [0.2, 0.25) is 0 Å². The van der Waals surface area contributed by atoms with E-state index in [1.54, 1.807) is 24.4 Å². The van der Waals surface area contributed by atoms with E-state index in [0.717, 1.165) is 42.0 Å². The van der Waals surface area contributed by atoms with E-state index in [9.17, 15) is 9.90 Å². The van der Waals surface area contributed by atoms with Crippen LogP contribution < -0.4 is 5.32 Å². The Hall–Kier alpha value is -3.19. The summed E-state index contributed by atoms with van der Waals surface area (Å²) in [5, 5.41) is 13.4. The fourth-order valence-electron chi connectivity index (χ4n) is 4.01. The van der Waals surface area contributed by atoms with Crippen LogP contribution in [0, 0.1) is 6.92 Å². The van der Waals surface area contributed by atoms with Gasteiger partial charge in [-0.05, 0) is 67.5 Å². The normalized spacial score (nSPS) is 18.3. The molecule has 0 unspecified atom stereocenters. The third-order valence-electron chi connectivity index (χ3n) is 5.61. The Morgan fingerprint density at radius 1 is 1.26 bits per heavy atom. The van der Waals surface area contributed by atoms with Gasteiger partial charge in [0.15, 0.2) is 5.11 Å². The van der Waals surface area contributed by atoms with Crippen LogP contribution in [0.4, 0.5) is 0 Å². The number of carboxylic acid groups (broad SMARTS) is 1. The lowest BCUT2D eigenvalue weighted by Gasteiger charge is -2.25. The number of hydrogen-bond acceptors (Lipinski definition) is 4. The summed E-state index contributed by atoms with van der Waals surface area (Å²) >= 11 is 5.66. The van der Waals surface area contributed by atoms with Crippen molar-refractivity contribution in [2.45, 2.75) is 38.8 Å². The summed E-state index contributed by atoms with van der Waals surface area (Å²) in [6.07, 6.45) is 3.88. The van der Waals surface area contributed by atoms with Gasteiger partial charge >= 0.3 is 5.97 Å². The van der Waals surface area contributed by atoms with Gasteiger partial charge in [0.2, 0.25) is 0 Å². The van der Waals surface area contributed by atoms with Gasteiger partial charge in [-0.25, -0.2) is 4.79 Å². The molecule has 2 atom stereocenters. The Bertz CT molecular complexity index is 1100. The number of nitrogens with one attached hydrogen (secondary N) is 1. The highest BCUT2D eigenvalue weighted by Gasteiger charge is 2.41. The van der Waals surface area contributed by atoms with Crippen molar-refractivity contribution in [3.63, 3.8) is 0 Å². The van der Waals surface area contributed by atoms with E-state index in [0.29, 0.717) is 10.9 Å². The molecule has 0 amide bonds. The Morgan fingerprint density at radius 3 is 2.77 bits per heavy atom. The number of hydrogen-bond donors (Lipinski definition) is 2. The van der Waals surface area contributed by atoms with Crippen molar-refractivity contribution < 1.29 is 14.3 Å². The molecule has 2 aromatic heterocycles. The van der Waals surface area contributed by atoms with Crippen LogP contribution in [0.3, 0.4) is 0 Å². The first-order valence-corrected chi connectivity index (χ1v) is 10.8. The van der Waals surface area contributed by atoms with Crippen LogP contribution in [0.25, 0.3) is 11.3 Å². The van der Waals surface area contributed by atoms with Crippen molar-refractivity contribution in [3.8, 4) is 11.3 Å². The number of aromatic nitrogens is 1. The minimum atomic E-state index is -0.940. The predicted octanol–water partition coefficient (Wildman–Crippen LogP) is 5.12. The monoisotopic (exact) mass is 435 g/mol. The van der Waals surface area contributed by atoms with Gasteiger partial charge in [-0.1, -0.05) is 25.5 Å². The summed E-state index contributed by atoms with van der Waals surface area (Å²) in [4.78, 5) is 18.0. The predicted molar refractivity (Wildman–Crippen MR) is 123 cm³/mol. The molecular formula is C24H25N3O3S. The molecule has 4 rings (SSSR count). The maximum Gasteiger partial charge on any atom is 0.335 e. The Morgan fingerprint density at radius 2 is 2.10 bits per heavy atom. The number of pyridine rings is 1. The summed E-state index contributed by atoms with van der Waals surface area (Å²) in [5.41, 5.74) is 2.90. The summed E-state index contributed by atoms with van der Waals surface area (Å²) in [5.74, 6) is 0.568. The number of nitrogens with zero attached hydrogens (tertiary/aromatic N) is 2. The summed E-state index contributed by atoms with van der Waals surface area (Å²) in [7, 11) is 0. The Kier molecular flexibility index (Phi) is 6.04. The van der Waals surface area contributed by atoms with Crippen molar-refractivity contribution in [1.82, 2.24) is 15.2 Å². The highest BCUT2D eigenvalue weighted by atomic mass is 32.1. The Balaban J connectivity index is 1.71. The number of carboxylic acids is 1. The zero-order valence-corrected chi connectivity index (χ0v) is 18.4. The highest BCUT2D eigenvalue weighted by molar-refractivity contribution is 7.80. The molecule has 3 aromatic rings. The average Bonchev–Trinajstić information content (AvgIpc) is 3.37. The summed E-state index contributed by atoms with van der Waals surface area (Å²) in [6.45, 7) is 4.88. The second-order valence-electron chi connectivity index (χ2n) is 7.71. The molecule has 0 aliphatic carbocycles. The van der Waals surface area contributed by atoms with Crippen molar-refractivity contribution in [1.29, 1.82) is 0 Å². The second-order valence-corrected chi connectivity index (χ2v) is 8.10. The SMILES string of the molecule is CCCCN1C(=S)N[C@H](c2ccccn2)[C@H]1c1ccc(-c2ccc(C(=O)O)cc2C)o1. The van der Waals surface area contributed by atoms with Gasteiger partial charge in [0.1, 0.15) is 17.6 Å². The first-order chi connectivity index (χ1) is 15.0. The maximum atomic E-state index is 11.2. The van der Waals surface area contributed by atoms with E-state index in [1.807, 2.05) is 37.3 Å². The van der Waals surface area contributed by atoms with E-state index in [1.165, 1.54) is 0 Å². The molecule has 0 spiro atoms. The zero-order chi connectivity index (χ0) is 22.0. The van der Waals surface area contributed by atoms with Gasteiger partial charge in [-0.15, -0.1) is 0 Å². The second kappa shape index (κ2) is 8.89. The molecule has 1 aromatic carbocycles. The van der Waals surface area contributed by atoms with E-state index in [2.05, 4.69) is 22.1 Å². The number of aromatic carboxylic acids is 1. The molecule has 31 heavy (non-hydrogen) atoms.